The van der Waals surface area contributed by atoms with Crippen LogP contribution in [0.3, 0.4) is 0 Å². The molecular formula is C14H20N2O2. The van der Waals surface area contributed by atoms with E-state index in [1.54, 1.807) is 6.92 Å². The lowest BCUT2D eigenvalue weighted by Gasteiger charge is -2.16. The number of nitrogens with one attached hydrogen (secondary N) is 1. The van der Waals surface area contributed by atoms with Gasteiger partial charge < -0.3 is 15.8 Å². The molecule has 1 saturated carbocycles. The van der Waals surface area contributed by atoms with Gasteiger partial charge >= 0.3 is 0 Å². The van der Waals surface area contributed by atoms with Crippen LogP contribution in [0.4, 0.5) is 0 Å². The van der Waals surface area contributed by atoms with Gasteiger partial charge in [0.15, 0.2) is 6.10 Å². The van der Waals surface area contributed by atoms with Crippen LogP contribution in [0.2, 0.25) is 0 Å². The summed E-state index contributed by atoms with van der Waals surface area (Å²) in [5.41, 5.74) is 5.92. The molecule has 0 radical (unpaired) electrons. The van der Waals surface area contributed by atoms with E-state index in [1.807, 2.05) is 30.3 Å². The lowest BCUT2D eigenvalue weighted by molar-refractivity contribution is -0.127. The fraction of sp³-hybridized carbons (Fsp3) is 0.500. The van der Waals surface area contributed by atoms with Crippen molar-refractivity contribution in [2.24, 2.45) is 11.7 Å². The Bertz CT molecular complexity index is 390. The summed E-state index contributed by atoms with van der Waals surface area (Å²) in [5, 5.41) is 2.83. The smallest absolute Gasteiger partial charge is 0.260 e. The highest BCUT2D eigenvalue weighted by Crippen LogP contribution is 2.31. The molecule has 4 heteroatoms. The molecule has 2 atom stereocenters. The zero-order valence-corrected chi connectivity index (χ0v) is 10.6. The van der Waals surface area contributed by atoms with Gasteiger partial charge in [0, 0.05) is 12.6 Å². The number of amides is 1. The highest BCUT2D eigenvalue weighted by molar-refractivity contribution is 5.80. The van der Waals surface area contributed by atoms with E-state index in [1.165, 1.54) is 12.8 Å². The molecule has 4 nitrogen and oxygen atoms in total. The van der Waals surface area contributed by atoms with Gasteiger partial charge in [-0.25, -0.2) is 0 Å². The number of rotatable bonds is 6. The number of nitrogens with two attached hydrogens (primary N) is 1. The third-order valence-corrected chi connectivity index (χ3v) is 3.16. The Morgan fingerprint density at radius 3 is 2.72 bits per heavy atom. The topological polar surface area (TPSA) is 64.3 Å². The Labute approximate surface area is 108 Å². The van der Waals surface area contributed by atoms with Crippen molar-refractivity contribution in [1.82, 2.24) is 5.32 Å². The third-order valence-electron chi connectivity index (χ3n) is 3.16. The van der Waals surface area contributed by atoms with Crippen LogP contribution in [0.25, 0.3) is 0 Å². The first-order chi connectivity index (χ1) is 8.66. The highest BCUT2D eigenvalue weighted by atomic mass is 16.5. The van der Waals surface area contributed by atoms with E-state index >= 15 is 0 Å². The van der Waals surface area contributed by atoms with Crippen LogP contribution in [-0.2, 0) is 4.79 Å². The standard InChI is InChI=1S/C14H20N2O2/c1-10(18-12-5-3-2-4-6-12)14(17)16-9-13(15)11-7-8-11/h2-6,10-11,13H,7-9,15H2,1H3,(H,16,17). The molecule has 1 aliphatic carbocycles. The quantitative estimate of drug-likeness (QED) is 0.797. The SMILES string of the molecule is CC(Oc1ccccc1)C(=O)NCC(N)C1CC1. The molecule has 1 aromatic rings. The molecule has 1 aromatic carbocycles. The van der Waals surface area contributed by atoms with Gasteiger partial charge in [0.1, 0.15) is 5.75 Å². The summed E-state index contributed by atoms with van der Waals surface area (Å²) in [6.45, 7) is 2.27. The van der Waals surface area contributed by atoms with Crippen molar-refractivity contribution in [3.05, 3.63) is 30.3 Å². The lowest BCUT2D eigenvalue weighted by atomic mass is 10.2. The molecule has 0 heterocycles. The van der Waals surface area contributed by atoms with E-state index in [0.717, 1.165) is 0 Å². The van der Waals surface area contributed by atoms with E-state index in [2.05, 4.69) is 5.32 Å². The number of hydrogen-bond acceptors (Lipinski definition) is 3. The van der Waals surface area contributed by atoms with Crippen LogP contribution in [0.1, 0.15) is 19.8 Å². The van der Waals surface area contributed by atoms with Gasteiger partial charge in [-0.05, 0) is 37.8 Å². The Morgan fingerprint density at radius 1 is 1.44 bits per heavy atom. The number of hydrogen-bond donors (Lipinski definition) is 2. The molecule has 2 unspecified atom stereocenters. The van der Waals surface area contributed by atoms with Crippen molar-refractivity contribution in [2.75, 3.05) is 6.54 Å². The summed E-state index contributed by atoms with van der Waals surface area (Å²) >= 11 is 0. The summed E-state index contributed by atoms with van der Waals surface area (Å²) in [5.74, 6) is 1.18. The van der Waals surface area contributed by atoms with Gasteiger partial charge in [0.25, 0.3) is 5.91 Å². The maximum Gasteiger partial charge on any atom is 0.260 e. The molecular weight excluding hydrogens is 228 g/mol. The second kappa shape index (κ2) is 5.87. The van der Waals surface area contributed by atoms with Crippen LogP contribution < -0.4 is 15.8 Å². The molecule has 98 valence electrons. The Balaban J connectivity index is 1.74. The second-order valence-corrected chi connectivity index (χ2v) is 4.82. The largest absolute Gasteiger partial charge is 0.481 e. The van der Waals surface area contributed by atoms with Crippen molar-refractivity contribution in [1.29, 1.82) is 0 Å². The second-order valence-electron chi connectivity index (χ2n) is 4.82. The van der Waals surface area contributed by atoms with Gasteiger partial charge in [-0.3, -0.25) is 4.79 Å². The van der Waals surface area contributed by atoms with Gasteiger partial charge in [-0.1, -0.05) is 18.2 Å². The van der Waals surface area contributed by atoms with Crippen LogP contribution in [0.15, 0.2) is 30.3 Å². The van der Waals surface area contributed by atoms with Crippen LogP contribution in [-0.4, -0.2) is 24.6 Å². The average molecular weight is 248 g/mol. The summed E-state index contributed by atoms with van der Waals surface area (Å²) in [6.07, 6.45) is 1.87. The summed E-state index contributed by atoms with van der Waals surface area (Å²) in [4.78, 5) is 11.8. The molecule has 1 aliphatic rings. The van der Waals surface area contributed by atoms with E-state index in [0.29, 0.717) is 18.2 Å². The fourth-order valence-electron chi connectivity index (χ4n) is 1.81. The first-order valence-corrected chi connectivity index (χ1v) is 6.42. The molecule has 2 rings (SSSR count). The predicted octanol–water partition coefficient (Wildman–Crippen LogP) is 1.31. The molecule has 0 bridgehead atoms. The third kappa shape index (κ3) is 3.74. The number of para-hydroxylation sites is 1. The summed E-state index contributed by atoms with van der Waals surface area (Å²) < 4.78 is 5.53. The van der Waals surface area contributed by atoms with Crippen LogP contribution in [0.5, 0.6) is 5.75 Å². The van der Waals surface area contributed by atoms with Crippen molar-refractivity contribution >= 4 is 5.91 Å². The number of benzene rings is 1. The Hall–Kier alpha value is -1.55. The minimum Gasteiger partial charge on any atom is -0.481 e. The van der Waals surface area contributed by atoms with E-state index < -0.39 is 6.10 Å². The van der Waals surface area contributed by atoms with Crippen molar-refractivity contribution < 1.29 is 9.53 Å². The average Bonchev–Trinajstić information content (AvgIpc) is 3.21. The zero-order chi connectivity index (χ0) is 13.0. The van der Waals surface area contributed by atoms with Crippen LogP contribution >= 0.6 is 0 Å². The lowest BCUT2D eigenvalue weighted by Crippen LogP contribution is -2.43. The maximum atomic E-state index is 11.8. The van der Waals surface area contributed by atoms with Gasteiger partial charge in [0.2, 0.25) is 0 Å². The minimum atomic E-state index is -0.501. The van der Waals surface area contributed by atoms with E-state index in [-0.39, 0.29) is 11.9 Å². The van der Waals surface area contributed by atoms with Crippen molar-refractivity contribution in [3.8, 4) is 5.75 Å². The summed E-state index contributed by atoms with van der Waals surface area (Å²) in [6, 6.07) is 9.41. The molecule has 18 heavy (non-hydrogen) atoms. The highest BCUT2D eigenvalue weighted by Gasteiger charge is 2.28. The van der Waals surface area contributed by atoms with Gasteiger partial charge in [-0.15, -0.1) is 0 Å². The molecule has 1 fully saturated rings. The number of carbonyl (C=O) groups excluding carboxylic acids is 1. The summed E-state index contributed by atoms with van der Waals surface area (Å²) in [7, 11) is 0. The van der Waals surface area contributed by atoms with E-state index in [4.69, 9.17) is 10.5 Å². The van der Waals surface area contributed by atoms with Gasteiger partial charge in [0.05, 0.1) is 0 Å². The van der Waals surface area contributed by atoms with Gasteiger partial charge in [-0.2, -0.15) is 0 Å². The van der Waals surface area contributed by atoms with Crippen LogP contribution in [0, 0.1) is 5.92 Å². The number of ether oxygens (including phenoxy) is 1. The molecule has 1 amide bonds. The maximum absolute atomic E-state index is 11.8. The first kappa shape index (κ1) is 12.9. The first-order valence-electron chi connectivity index (χ1n) is 6.42. The fourth-order valence-corrected chi connectivity index (χ4v) is 1.81. The van der Waals surface area contributed by atoms with E-state index in [9.17, 15) is 4.79 Å². The van der Waals surface area contributed by atoms with Crippen molar-refractivity contribution in [3.63, 3.8) is 0 Å². The monoisotopic (exact) mass is 248 g/mol. The molecule has 0 aliphatic heterocycles. The Morgan fingerprint density at radius 2 is 2.11 bits per heavy atom. The Kier molecular flexibility index (Phi) is 4.20. The van der Waals surface area contributed by atoms with Crippen molar-refractivity contribution in [2.45, 2.75) is 31.9 Å². The molecule has 0 aromatic heterocycles. The molecule has 0 saturated heterocycles. The number of carbonyl (C=O) groups is 1. The molecule has 3 N–H and O–H groups in total. The zero-order valence-electron chi connectivity index (χ0n) is 10.6. The predicted molar refractivity (Wildman–Crippen MR) is 70.2 cm³/mol. The normalized spacial score (nSPS) is 17.9. The minimum absolute atomic E-state index is 0.0814. The molecule has 0 spiro atoms.